The lowest BCUT2D eigenvalue weighted by Gasteiger charge is -2.22. The number of rotatable bonds is 8. The molecule has 0 radical (unpaired) electrons. The quantitative estimate of drug-likeness (QED) is 0.758. The van der Waals surface area contributed by atoms with Crippen LogP contribution in [0.4, 0.5) is 14.5 Å². The first-order valence-corrected chi connectivity index (χ1v) is 9.71. The van der Waals surface area contributed by atoms with E-state index in [0.29, 0.717) is 5.69 Å². The molecular formula is C17H19F2N3O3S. The van der Waals surface area contributed by atoms with Crippen molar-refractivity contribution in [3.8, 4) is 0 Å². The Morgan fingerprint density at radius 3 is 2.58 bits per heavy atom. The van der Waals surface area contributed by atoms with Crippen LogP contribution in [0.25, 0.3) is 0 Å². The zero-order valence-electron chi connectivity index (χ0n) is 14.2. The van der Waals surface area contributed by atoms with Gasteiger partial charge in [0, 0.05) is 25.2 Å². The lowest BCUT2D eigenvalue weighted by atomic mass is 10.2. The molecule has 1 aromatic heterocycles. The lowest BCUT2D eigenvalue weighted by molar-refractivity contribution is -0.121. The summed E-state index contributed by atoms with van der Waals surface area (Å²) in [7, 11) is -3.70. The van der Waals surface area contributed by atoms with Crippen molar-refractivity contribution in [2.45, 2.75) is 19.4 Å². The second-order valence-electron chi connectivity index (χ2n) is 5.63. The van der Waals surface area contributed by atoms with Gasteiger partial charge in [-0.3, -0.25) is 14.1 Å². The molecule has 1 aromatic carbocycles. The maximum atomic E-state index is 13.4. The summed E-state index contributed by atoms with van der Waals surface area (Å²) in [6.45, 7) is 0.250. The third-order valence-electron chi connectivity index (χ3n) is 3.55. The largest absolute Gasteiger partial charge is 0.350 e. The molecule has 0 aliphatic heterocycles. The number of sulfonamides is 1. The summed E-state index contributed by atoms with van der Waals surface area (Å²) in [5.74, 6) is -2.45. The van der Waals surface area contributed by atoms with Gasteiger partial charge in [0.25, 0.3) is 0 Å². The van der Waals surface area contributed by atoms with E-state index in [1.165, 1.54) is 6.07 Å². The molecular weight excluding hydrogens is 364 g/mol. The number of carbonyl (C=O) groups excluding carboxylic acids is 1. The third-order valence-corrected chi connectivity index (χ3v) is 4.74. The Morgan fingerprint density at radius 2 is 1.96 bits per heavy atom. The summed E-state index contributed by atoms with van der Waals surface area (Å²) in [6.07, 6.45) is 2.89. The summed E-state index contributed by atoms with van der Waals surface area (Å²) >= 11 is 0. The number of aromatic nitrogens is 1. The minimum Gasteiger partial charge on any atom is -0.350 e. The second-order valence-corrected chi connectivity index (χ2v) is 7.54. The number of halogens is 2. The van der Waals surface area contributed by atoms with Crippen molar-refractivity contribution >= 4 is 21.6 Å². The van der Waals surface area contributed by atoms with Crippen molar-refractivity contribution < 1.29 is 22.0 Å². The normalized spacial score (nSPS) is 11.2. The van der Waals surface area contributed by atoms with E-state index >= 15 is 0 Å². The van der Waals surface area contributed by atoms with E-state index < -0.39 is 21.7 Å². The monoisotopic (exact) mass is 383 g/mol. The minimum absolute atomic E-state index is 0.0142. The van der Waals surface area contributed by atoms with Gasteiger partial charge in [0.15, 0.2) is 11.6 Å². The highest BCUT2D eigenvalue weighted by molar-refractivity contribution is 7.92. The maximum absolute atomic E-state index is 13.4. The fraction of sp³-hybridized carbons (Fsp3) is 0.294. The molecule has 0 fully saturated rings. The van der Waals surface area contributed by atoms with E-state index in [1.54, 1.807) is 24.4 Å². The molecule has 140 valence electrons. The molecule has 2 rings (SSSR count). The smallest absolute Gasteiger partial charge is 0.232 e. The van der Waals surface area contributed by atoms with Crippen LogP contribution in [0.15, 0.2) is 42.6 Å². The molecule has 1 heterocycles. The van der Waals surface area contributed by atoms with Crippen molar-refractivity contribution in [1.29, 1.82) is 0 Å². The number of anilines is 1. The van der Waals surface area contributed by atoms with Gasteiger partial charge >= 0.3 is 0 Å². The number of hydrogen-bond acceptors (Lipinski definition) is 4. The summed E-state index contributed by atoms with van der Waals surface area (Å²) in [5.41, 5.74) is 0.723. The highest BCUT2D eigenvalue weighted by Crippen LogP contribution is 2.21. The van der Waals surface area contributed by atoms with Crippen molar-refractivity contribution in [2.24, 2.45) is 0 Å². The van der Waals surface area contributed by atoms with E-state index in [4.69, 9.17) is 0 Å². The van der Waals surface area contributed by atoms with Crippen molar-refractivity contribution in [1.82, 2.24) is 10.3 Å². The van der Waals surface area contributed by atoms with Gasteiger partial charge < -0.3 is 5.32 Å². The van der Waals surface area contributed by atoms with Crippen LogP contribution in [0.2, 0.25) is 0 Å². The number of amides is 1. The number of benzene rings is 1. The summed E-state index contributed by atoms with van der Waals surface area (Å²) in [6, 6.07) is 8.21. The molecule has 0 unspecified atom stereocenters. The zero-order chi connectivity index (χ0) is 19.2. The number of nitrogens with one attached hydrogen (secondary N) is 1. The molecule has 0 spiro atoms. The molecule has 26 heavy (non-hydrogen) atoms. The highest BCUT2D eigenvalue weighted by atomic mass is 32.2. The number of hydrogen-bond donors (Lipinski definition) is 1. The molecule has 1 amide bonds. The Kier molecular flexibility index (Phi) is 6.62. The first-order chi connectivity index (χ1) is 12.3. The van der Waals surface area contributed by atoms with Gasteiger partial charge in [-0.2, -0.15) is 0 Å². The van der Waals surface area contributed by atoms with Crippen LogP contribution >= 0.6 is 0 Å². The van der Waals surface area contributed by atoms with Crippen molar-refractivity contribution in [2.75, 3.05) is 17.1 Å². The Balaban J connectivity index is 1.91. The molecule has 0 aliphatic rings. The third kappa shape index (κ3) is 5.76. The summed E-state index contributed by atoms with van der Waals surface area (Å²) in [4.78, 5) is 15.9. The van der Waals surface area contributed by atoms with Crippen LogP contribution in [0.1, 0.15) is 18.5 Å². The molecule has 0 atom stereocenters. The van der Waals surface area contributed by atoms with Gasteiger partial charge in [-0.1, -0.05) is 6.07 Å². The molecule has 0 saturated carbocycles. The zero-order valence-corrected chi connectivity index (χ0v) is 15.0. The van der Waals surface area contributed by atoms with Gasteiger partial charge in [0.05, 0.1) is 24.2 Å². The van der Waals surface area contributed by atoms with Gasteiger partial charge in [0.2, 0.25) is 15.9 Å². The van der Waals surface area contributed by atoms with Gasteiger partial charge in [-0.15, -0.1) is 0 Å². The fourth-order valence-electron chi connectivity index (χ4n) is 2.29. The van der Waals surface area contributed by atoms with Crippen LogP contribution in [0, 0.1) is 11.6 Å². The second kappa shape index (κ2) is 8.70. The standard InChI is InChI=1S/C17H19F2N3O3S/c1-26(24,25)22(14-7-8-15(18)16(19)11-14)10-4-6-17(23)21-12-13-5-2-3-9-20-13/h2-3,5,7-9,11H,4,6,10,12H2,1H3,(H,21,23). The molecule has 0 aliphatic carbocycles. The van der Waals surface area contributed by atoms with Crippen LogP contribution < -0.4 is 9.62 Å². The van der Waals surface area contributed by atoms with Crippen LogP contribution in [-0.4, -0.2) is 32.1 Å². The Bertz CT molecular complexity index is 861. The average molecular weight is 383 g/mol. The number of nitrogens with zero attached hydrogens (tertiary/aromatic N) is 2. The number of pyridine rings is 1. The predicted molar refractivity (Wildman–Crippen MR) is 93.9 cm³/mol. The lowest BCUT2D eigenvalue weighted by Crippen LogP contribution is -2.32. The van der Waals surface area contributed by atoms with E-state index in [0.717, 1.165) is 22.7 Å². The number of carbonyl (C=O) groups is 1. The molecule has 1 N–H and O–H groups in total. The Morgan fingerprint density at radius 1 is 1.19 bits per heavy atom. The average Bonchev–Trinajstić information content (AvgIpc) is 2.59. The van der Waals surface area contributed by atoms with Gasteiger partial charge in [-0.05, 0) is 30.7 Å². The topological polar surface area (TPSA) is 79.4 Å². The molecule has 6 nitrogen and oxygen atoms in total. The van der Waals surface area contributed by atoms with Gasteiger partial charge in [-0.25, -0.2) is 17.2 Å². The van der Waals surface area contributed by atoms with E-state index in [9.17, 15) is 22.0 Å². The van der Waals surface area contributed by atoms with Crippen molar-refractivity contribution in [3.05, 3.63) is 59.9 Å². The Labute approximate surface area is 150 Å². The predicted octanol–water partition coefficient (Wildman–Crippen LogP) is 2.22. The summed E-state index contributed by atoms with van der Waals surface area (Å²) < 4.78 is 51.2. The maximum Gasteiger partial charge on any atom is 0.232 e. The first-order valence-electron chi connectivity index (χ1n) is 7.87. The van der Waals surface area contributed by atoms with E-state index in [-0.39, 0.29) is 37.5 Å². The fourth-order valence-corrected chi connectivity index (χ4v) is 3.25. The molecule has 0 bridgehead atoms. The molecule has 2 aromatic rings. The van der Waals surface area contributed by atoms with E-state index in [2.05, 4.69) is 10.3 Å². The SMILES string of the molecule is CS(=O)(=O)N(CCCC(=O)NCc1ccccn1)c1ccc(F)c(F)c1. The molecule has 9 heteroatoms. The molecule has 0 saturated heterocycles. The Hall–Kier alpha value is -2.55. The first kappa shape index (κ1) is 19.8. The summed E-state index contributed by atoms with van der Waals surface area (Å²) in [5, 5.41) is 2.69. The van der Waals surface area contributed by atoms with E-state index in [1.807, 2.05) is 0 Å². The van der Waals surface area contributed by atoms with Crippen LogP contribution in [-0.2, 0) is 21.4 Å². The van der Waals surface area contributed by atoms with Crippen molar-refractivity contribution in [3.63, 3.8) is 0 Å². The van der Waals surface area contributed by atoms with Gasteiger partial charge in [0.1, 0.15) is 0 Å². The highest BCUT2D eigenvalue weighted by Gasteiger charge is 2.19. The van der Waals surface area contributed by atoms with Crippen LogP contribution in [0.5, 0.6) is 0 Å². The minimum atomic E-state index is -3.70. The van der Waals surface area contributed by atoms with Crippen LogP contribution in [0.3, 0.4) is 0 Å².